The molecule has 0 aliphatic heterocycles. The van der Waals surface area contributed by atoms with E-state index in [2.05, 4.69) is 67.6 Å². The molecule has 0 saturated carbocycles. The predicted octanol–water partition coefficient (Wildman–Crippen LogP) is 9.04. The van der Waals surface area contributed by atoms with Crippen molar-refractivity contribution < 1.29 is 9.53 Å². The summed E-state index contributed by atoms with van der Waals surface area (Å²) in [6.07, 6.45) is 8.58. The van der Waals surface area contributed by atoms with Crippen LogP contribution in [0.3, 0.4) is 0 Å². The second kappa shape index (κ2) is 17.1. The van der Waals surface area contributed by atoms with Crippen LogP contribution >= 0.6 is 0 Å². The number of hydrogen-bond acceptors (Lipinski definition) is 3. The van der Waals surface area contributed by atoms with Gasteiger partial charge in [-0.2, -0.15) is 5.26 Å². The Hall–Kier alpha value is -3.38. The maximum absolute atomic E-state index is 11.9. The Bertz CT molecular complexity index is 1020. The number of carbonyl (C=O) groups is 1. The zero-order chi connectivity index (χ0) is 26.0. The quantitative estimate of drug-likeness (QED) is 0.191. The standard InChI is InChI=1S/C18H22.C15H19NO2/c1-2-3-4-6-9-16-12-14-18(15-13-16)17-10-7-5-8-11-17;1-3-8-14(12(4-2)11-16)18-15(17)13-9-6-5-7-10-13/h5,7-8,10-15H,2-4,6,9H2,1H3;5-7,9-10,12,14H,3-4,8H2,1-2H3. The smallest absolute Gasteiger partial charge is 0.338 e. The van der Waals surface area contributed by atoms with Gasteiger partial charge in [0, 0.05) is 0 Å². The Labute approximate surface area is 218 Å². The minimum atomic E-state index is -0.345. The third-order valence-electron chi connectivity index (χ3n) is 6.28. The molecular formula is C33H41NO2. The number of nitrogens with zero attached hydrogens (tertiary/aromatic N) is 1. The van der Waals surface area contributed by atoms with Crippen LogP contribution in [-0.4, -0.2) is 12.1 Å². The van der Waals surface area contributed by atoms with E-state index >= 15 is 0 Å². The largest absolute Gasteiger partial charge is 0.457 e. The lowest BCUT2D eigenvalue weighted by Crippen LogP contribution is -2.25. The fourth-order valence-corrected chi connectivity index (χ4v) is 4.09. The van der Waals surface area contributed by atoms with Crippen LogP contribution in [-0.2, 0) is 11.2 Å². The lowest BCUT2D eigenvalue weighted by molar-refractivity contribution is 0.0175. The molecule has 2 unspecified atom stereocenters. The van der Waals surface area contributed by atoms with Gasteiger partial charge >= 0.3 is 5.97 Å². The number of benzene rings is 3. The molecule has 0 heterocycles. The SMILES string of the molecule is CCCC(OC(=O)c1ccccc1)C(C#N)CC.CCCCCCc1ccc(-c2ccccc2)cc1. The molecule has 0 saturated heterocycles. The van der Waals surface area contributed by atoms with Crippen molar-refractivity contribution in [3.63, 3.8) is 0 Å². The highest BCUT2D eigenvalue weighted by Gasteiger charge is 2.23. The average molecular weight is 484 g/mol. The van der Waals surface area contributed by atoms with Gasteiger partial charge in [0.1, 0.15) is 6.10 Å². The van der Waals surface area contributed by atoms with Crippen molar-refractivity contribution >= 4 is 5.97 Å². The van der Waals surface area contributed by atoms with E-state index in [9.17, 15) is 4.79 Å². The highest BCUT2D eigenvalue weighted by Crippen LogP contribution is 2.20. The van der Waals surface area contributed by atoms with Crippen LogP contribution in [0, 0.1) is 17.2 Å². The third kappa shape index (κ3) is 10.1. The van der Waals surface area contributed by atoms with Gasteiger partial charge in [0.2, 0.25) is 0 Å². The van der Waals surface area contributed by atoms with Crippen molar-refractivity contribution in [2.24, 2.45) is 5.92 Å². The number of ether oxygens (including phenoxy) is 1. The molecule has 0 aliphatic carbocycles. The Kier molecular flexibility index (Phi) is 13.7. The van der Waals surface area contributed by atoms with Crippen molar-refractivity contribution in [3.05, 3.63) is 96.1 Å². The van der Waals surface area contributed by atoms with Crippen LogP contribution in [0.2, 0.25) is 0 Å². The van der Waals surface area contributed by atoms with Crippen LogP contribution in [0.1, 0.15) is 81.6 Å². The minimum Gasteiger partial charge on any atom is -0.457 e. The third-order valence-corrected chi connectivity index (χ3v) is 6.28. The molecule has 3 heteroatoms. The van der Waals surface area contributed by atoms with Crippen LogP contribution in [0.25, 0.3) is 11.1 Å². The van der Waals surface area contributed by atoms with E-state index in [0.29, 0.717) is 12.0 Å². The molecule has 0 amide bonds. The van der Waals surface area contributed by atoms with E-state index in [1.54, 1.807) is 24.3 Å². The summed E-state index contributed by atoms with van der Waals surface area (Å²) in [6.45, 7) is 6.22. The number of esters is 1. The Morgan fingerprint density at radius 2 is 1.39 bits per heavy atom. The molecular weight excluding hydrogens is 442 g/mol. The van der Waals surface area contributed by atoms with E-state index in [1.165, 1.54) is 48.8 Å². The van der Waals surface area contributed by atoms with Crippen LogP contribution in [0.5, 0.6) is 0 Å². The van der Waals surface area contributed by atoms with E-state index in [0.717, 1.165) is 12.8 Å². The van der Waals surface area contributed by atoms with Crippen molar-refractivity contribution in [2.75, 3.05) is 0 Å². The number of hydrogen-bond donors (Lipinski definition) is 0. The molecule has 0 aromatic heterocycles. The van der Waals surface area contributed by atoms with Crippen LogP contribution in [0.4, 0.5) is 0 Å². The van der Waals surface area contributed by atoms with Crippen molar-refractivity contribution in [1.82, 2.24) is 0 Å². The molecule has 0 fully saturated rings. The van der Waals surface area contributed by atoms with E-state index in [-0.39, 0.29) is 18.0 Å². The zero-order valence-corrected chi connectivity index (χ0v) is 22.2. The van der Waals surface area contributed by atoms with E-state index < -0.39 is 0 Å². The summed E-state index contributed by atoms with van der Waals surface area (Å²) in [5, 5.41) is 9.07. The highest BCUT2D eigenvalue weighted by atomic mass is 16.5. The van der Waals surface area contributed by atoms with Gasteiger partial charge in [-0.25, -0.2) is 4.79 Å². The predicted molar refractivity (Wildman–Crippen MR) is 150 cm³/mol. The molecule has 2 atom stereocenters. The number of unbranched alkanes of at least 4 members (excludes halogenated alkanes) is 3. The fourth-order valence-electron chi connectivity index (χ4n) is 4.09. The summed E-state index contributed by atoms with van der Waals surface area (Å²) in [7, 11) is 0. The Morgan fingerprint density at radius 1 is 0.778 bits per heavy atom. The normalized spacial score (nSPS) is 11.9. The molecule has 3 rings (SSSR count). The summed E-state index contributed by atoms with van der Waals surface area (Å²) in [4.78, 5) is 11.9. The summed E-state index contributed by atoms with van der Waals surface area (Å²) in [5.74, 6) is -0.569. The highest BCUT2D eigenvalue weighted by molar-refractivity contribution is 5.89. The summed E-state index contributed by atoms with van der Waals surface area (Å²) in [6, 6.07) is 30.7. The minimum absolute atomic E-state index is 0.224. The molecule has 0 bridgehead atoms. The first kappa shape index (κ1) is 28.9. The van der Waals surface area contributed by atoms with Gasteiger partial charge in [0.25, 0.3) is 0 Å². The van der Waals surface area contributed by atoms with Gasteiger partial charge in [-0.1, -0.05) is 119 Å². The van der Waals surface area contributed by atoms with Gasteiger partial charge < -0.3 is 4.74 Å². The Morgan fingerprint density at radius 3 is 1.94 bits per heavy atom. The number of aryl methyl sites for hydroxylation is 1. The molecule has 3 nitrogen and oxygen atoms in total. The number of carbonyl (C=O) groups excluding carboxylic acids is 1. The molecule has 36 heavy (non-hydrogen) atoms. The maximum Gasteiger partial charge on any atom is 0.338 e. The molecule has 0 radical (unpaired) electrons. The first-order chi connectivity index (χ1) is 17.6. The first-order valence-corrected chi connectivity index (χ1v) is 13.4. The Balaban J connectivity index is 0.000000254. The second-order valence-corrected chi connectivity index (χ2v) is 9.12. The summed E-state index contributed by atoms with van der Waals surface area (Å²) >= 11 is 0. The molecule has 190 valence electrons. The van der Waals surface area contributed by atoms with Crippen LogP contribution in [0.15, 0.2) is 84.9 Å². The van der Waals surface area contributed by atoms with Gasteiger partial charge in [-0.05, 0) is 54.5 Å². The van der Waals surface area contributed by atoms with Crippen molar-refractivity contribution in [2.45, 2.75) is 78.2 Å². The molecule has 0 spiro atoms. The van der Waals surface area contributed by atoms with Gasteiger partial charge in [0.05, 0.1) is 17.6 Å². The maximum atomic E-state index is 11.9. The molecule has 3 aromatic rings. The van der Waals surface area contributed by atoms with Crippen LogP contribution < -0.4 is 0 Å². The summed E-state index contributed by atoms with van der Waals surface area (Å²) in [5.41, 5.74) is 4.61. The van der Waals surface area contributed by atoms with Crippen molar-refractivity contribution in [1.29, 1.82) is 5.26 Å². The number of rotatable bonds is 12. The van der Waals surface area contributed by atoms with Crippen molar-refractivity contribution in [3.8, 4) is 17.2 Å². The fraction of sp³-hybridized carbons (Fsp3) is 0.394. The van der Waals surface area contributed by atoms with Gasteiger partial charge in [-0.3, -0.25) is 0 Å². The molecule has 3 aromatic carbocycles. The zero-order valence-electron chi connectivity index (χ0n) is 22.2. The average Bonchev–Trinajstić information content (AvgIpc) is 2.93. The van der Waals surface area contributed by atoms with E-state index in [4.69, 9.17) is 10.00 Å². The first-order valence-electron chi connectivity index (χ1n) is 13.4. The van der Waals surface area contributed by atoms with Gasteiger partial charge in [-0.15, -0.1) is 0 Å². The van der Waals surface area contributed by atoms with Gasteiger partial charge in [0.15, 0.2) is 0 Å². The monoisotopic (exact) mass is 483 g/mol. The topological polar surface area (TPSA) is 50.1 Å². The summed E-state index contributed by atoms with van der Waals surface area (Å²) < 4.78 is 5.46. The second-order valence-electron chi connectivity index (χ2n) is 9.12. The molecule has 0 N–H and O–H groups in total. The lowest BCUT2D eigenvalue weighted by atomic mass is 9.97. The molecule has 0 aliphatic rings. The van der Waals surface area contributed by atoms with E-state index in [1.807, 2.05) is 19.9 Å². The number of nitriles is 1. The lowest BCUT2D eigenvalue weighted by Gasteiger charge is -2.20.